The fourth-order valence-corrected chi connectivity index (χ4v) is 11.2. The minimum absolute atomic E-state index is 0.0433. The van der Waals surface area contributed by atoms with Gasteiger partial charge in [-0.15, -0.1) is 0 Å². The van der Waals surface area contributed by atoms with E-state index in [4.69, 9.17) is 18.9 Å². The maximum atomic E-state index is 12.7. The summed E-state index contributed by atoms with van der Waals surface area (Å²) < 4.78 is 23.9. The first-order valence-electron chi connectivity index (χ1n) is 15.4. The molecule has 1 heterocycles. The van der Waals surface area contributed by atoms with Crippen LogP contribution in [-0.2, 0) is 38.1 Å². The number of esters is 4. The Kier molecular flexibility index (Phi) is 7.04. The first-order valence-corrected chi connectivity index (χ1v) is 15.4. The zero-order valence-corrected chi connectivity index (χ0v) is 26.6. The minimum atomic E-state index is -1.51. The Balaban J connectivity index is 1.67. The van der Waals surface area contributed by atoms with Crippen LogP contribution in [0, 0.1) is 39.4 Å². The molecule has 4 fully saturated rings. The Labute approximate surface area is 249 Å². The summed E-state index contributed by atoms with van der Waals surface area (Å²) in [6, 6.07) is 0. The molecule has 5 rings (SSSR count). The number of rotatable bonds is 4. The van der Waals surface area contributed by atoms with E-state index in [1.807, 2.05) is 0 Å². The fourth-order valence-electron chi connectivity index (χ4n) is 11.2. The van der Waals surface area contributed by atoms with Gasteiger partial charge in [-0.1, -0.05) is 34.6 Å². The lowest BCUT2D eigenvalue weighted by atomic mass is 9.34. The molecule has 0 aromatic carbocycles. The zero-order valence-electron chi connectivity index (χ0n) is 26.6. The molecule has 42 heavy (non-hydrogen) atoms. The first kappa shape index (κ1) is 31.0. The van der Waals surface area contributed by atoms with Gasteiger partial charge in [0.15, 0.2) is 5.60 Å². The molecule has 4 aliphatic carbocycles. The molecule has 0 aromatic rings. The van der Waals surface area contributed by atoms with E-state index in [9.17, 15) is 24.3 Å². The molecule has 9 nitrogen and oxygen atoms in total. The van der Waals surface area contributed by atoms with E-state index in [1.165, 1.54) is 26.8 Å². The van der Waals surface area contributed by atoms with Crippen LogP contribution in [0.5, 0.6) is 0 Å². The lowest BCUT2D eigenvalue weighted by molar-refractivity contribution is -0.289. The summed E-state index contributed by atoms with van der Waals surface area (Å²) in [5.74, 6) is -1.95. The van der Waals surface area contributed by atoms with Crippen molar-refractivity contribution in [3.05, 3.63) is 12.2 Å². The Bertz CT molecular complexity index is 1220. The highest BCUT2D eigenvalue weighted by Gasteiger charge is 2.80. The van der Waals surface area contributed by atoms with Crippen LogP contribution in [0.1, 0.15) is 101 Å². The van der Waals surface area contributed by atoms with E-state index in [2.05, 4.69) is 34.6 Å². The quantitative estimate of drug-likeness (QED) is 0.368. The largest absolute Gasteiger partial charge is 0.462 e. The number of carbonyl (C=O) groups excluding carboxylic acids is 4. The van der Waals surface area contributed by atoms with E-state index in [0.29, 0.717) is 12.8 Å². The smallest absolute Gasteiger partial charge is 0.331 e. The summed E-state index contributed by atoms with van der Waals surface area (Å²) in [7, 11) is 0. The van der Waals surface area contributed by atoms with Crippen molar-refractivity contribution in [2.45, 2.75) is 130 Å². The number of cyclic esters (lactones) is 1. The van der Waals surface area contributed by atoms with Gasteiger partial charge in [-0.25, -0.2) is 4.79 Å². The van der Waals surface area contributed by atoms with Crippen LogP contribution in [-0.4, -0.2) is 58.5 Å². The van der Waals surface area contributed by atoms with Gasteiger partial charge in [-0.2, -0.15) is 0 Å². The third kappa shape index (κ3) is 3.97. The lowest BCUT2D eigenvalue weighted by Gasteiger charge is -2.71. The molecule has 1 aliphatic heterocycles. The molecule has 0 radical (unpaired) electrons. The number of hydrogen-bond donors (Lipinski definition) is 1. The Hall–Kier alpha value is -2.42. The van der Waals surface area contributed by atoms with Gasteiger partial charge in [0.05, 0.1) is 0 Å². The molecule has 5 aliphatic rings. The molecule has 11 atom stereocenters. The Morgan fingerprint density at radius 2 is 1.31 bits per heavy atom. The van der Waals surface area contributed by atoms with Crippen molar-refractivity contribution < 1.29 is 43.2 Å². The van der Waals surface area contributed by atoms with Gasteiger partial charge in [0.25, 0.3) is 0 Å². The predicted molar refractivity (Wildman–Crippen MR) is 152 cm³/mol. The average Bonchev–Trinajstić information content (AvgIpc) is 3.33. The van der Waals surface area contributed by atoms with Crippen molar-refractivity contribution in [2.75, 3.05) is 0 Å². The number of fused-ring (bicyclic) bond motifs is 5. The second-order valence-electron chi connectivity index (χ2n) is 15.2. The van der Waals surface area contributed by atoms with Gasteiger partial charge in [-0.05, 0) is 62.4 Å². The van der Waals surface area contributed by atoms with E-state index in [0.717, 1.165) is 19.3 Å². The van der Waals surface area contributed by atoms with Gasteiger partial charge >= 0.3 is 23.9 Å². The highest BCUT2D eigenvalue weighted by Crippen LogP contribution is 2.77. The summed E-state index contributed by atoms with van der Waals surface area (Å²) in [4.78, 5) is 49.6. The summed E-state index contributed by atoms with van der Waals surface area (Å²) in [5.41, 5.74) is -4.92. The van der Waals surface area contributed by atoms with Gasteiger partial charge < -0.3 is 24.1 Å². The third-order valence-corrected chi connectivity index (χ3v) is 13.1. The molecule has 0 amide bonds. The molecule has 0 saturated heterocycles. The van der Waals surface area contributed by atoms with Gasteiger partial charge in [0.1, 0.15) is 23.9 Å². The number of aliphatic hydroxyl groups is 1. The predicted octanol–water partition coefficient (Wildman–Crippen LogP) is 4.67. The molecule has 4 saturated carbocycles. The zero-order chi connectivity index (χ0) is 31.3. The second-order valence-corrected chi connectivity index (χ2v) is 15.2. The van der Waals surface area contributed by atoms with Crippen molar-refractivity contribution >= 4 is 23.9 Å². The lowest BCUT2D eigenvalue weighted by Crippen LogP contribution is -2.72. The summed E-state index contributed by atoms with van der Waals surface area (Å²) in [6.07, 6.45) is 5.03. The third-order valence-electron chi connectivity index (χ3n) is 13.1. The van der Waals surface area contributed by atoms with Crippen molar-refractivity contribution in [1.29, 1.82) is 0 Å². The van der Waals surface area contributed by atoms with Crippen molar-refractivity contribution in [2.24, 2.45) is 39.4 Å². The monoisotopic (exact) mass is 588 g/mol. The highest BCUT2D eigenvalue weighted by atomic mass is 16.6. The van der Waals surface area contributed by atoms with Crippen molar-refractivity contribution in [3.63, 3.8) is 0 Å². The van der Waals surface area contributed by atoms with Crippen molar-refractivity contribution in [1.82, 2.24) is 0 Å². The normalized spacial score (nSPS) is 48.8. The summed E-state index contributed by atoms with van der Waals surface area (Å²) in [6.45, 7) is 16.8. The van der Waals surface area contributed by atoms with E-state index < -0.39 is 58.1 Å². The van der Waals surface area contributed by atoms with Crippen LogP contribution in [0.3, 0.4) is 0 Å². The highest BCUT2D eigenvalue weighted by molar-refractivity contribution is 5.85. The molecule has 234 valence electrons. The Morgan fingerprint density at radius 1 is 0.786 bits per heavy atom. The van der Waals surface area contributed by atoms with Crippen LogP contribution >= 0.6 is 0 Å². The minimum Gasteiger partial charge on any atom is -0.462 e. The van der Waals surface area contributed by atoms with E-state index in [1.54, 1.807) is 13.0 Å². The molecule has 0 aromatic heterocycles. The van der Waals surface area contributed by atoms with Crippen LogP contribution in [0.4, 0.5) is 0 Å². The molecule has 9 heteroatoms. The first-order chi connectivity index (χ1) is 19.3. The second kappa shape index (κ2) is 9.54. The summed E-state index contributed by atoms with van der Waals surface area (Å²) >= 11 is 0. The topological polar surface area (TPSA) is 125 Å². The molecule has 11 unspecified atom stereocenters. The van der Waals surface area contributed by atoms with Crippen LogP contribution < -0.4 is 0 Å². The number of hydrogen-bond acceptors (Lipinski definition) is 9. The van der Waals surface area contributed by atoms with Crippen LogP contribution in [0.15, 0.2) is 12.2 Å². The number of carbonyl (C=O) groups is 4. The SMILES string of the molecule is CC(=O)OC1CCC2(C)C(CC(OC(C)=O)C3(C)C2CCC2C(O)(C4(C)C=CC(=O)O4)CC(OC(C)=O)C23C)C1(C)C. The van der Waals surface area contributed by atoms with Gasteiger partial charge in [-0.3, -0.25) is 14.4 Å². The van der Waals surface area contributed by atoms with E-state index >= 15 is 0 Å². The average molecular weight is 589 g/mol. The van der Waals surface area contributed by atoms with Crippen LogP contribution in [0.25, 0.3) is 0 Å². The maximum Gasteiger partial charge on any atom is 0.331 e. The molecular formula is C33H48O9. The molecular weight excluding hydrogens is 540 g/mol. The van der Waals surface area contributed by atoms with Gasteiger partial charge in [0.2, 0.25) is 0 Å². The standard InChI is InChI=1S/C33H48O9/c1-18(34)39-24-12-14-29(6)21-10-11-22-32(9,31(21,8)25(40-19(2)35)16-23(29)28(24,4)5)26(41-20(3)36)17-33(22,38)30(7)15-13-27(37)42-30/h13,15,21-26,38H,10-12,14,16-17H2,1-9H3. The summed E-state index contributed by atoms with van der Waals surface area (Å²) in [5, 5.41) is 12.6. The van der Waals surface area contributed by atoms with Gasteiger partial charge in [0, 0.05) is 55.4 Å². The fraction of sp³-hybridized carbons (Fsp3) is 0.818. The molecule has 0 bridgehead atoms. The van der Waals surface area contributed by atoms with Crippen LogP contribution in [0.2, 0.25) is 0 Å². The number of ether oxygens (including phenoxy) is 4. The molecule has 1 N–H and O–H groups in total. The maximum absolute atomic E-state index is 12.7. The molecule has 0 spiro atoms. The van der Waals surface area contributed by atoms with E-state index in [-0.39, 0.29) is 41.2 Å². The van der Waals surface area contributed by atoms with Crippen molar-refractivity contribution in [3.8, 4) is 0 Å². The Morgan fingerprint density at radius 3 is 1.86 bits per heavy atom.